The van der Waals surface area contributed by atoms with Crippen LogP contribution < -0.4 is 16.2 Å². The molecule has 0 atom stereocenters. The second kappa shape index (κ2) is 10.5. The number of rotatable bonds is 7. The molecular formula is C21H22F2N4OS2. The monoisotopic (exact) mass is 448 g/mol. The smallest absolute Gasteiger partial charge is 0.288 e. The molecule has 0 spiro atoms. The van der Waals surface area contributed by atoms with E-state index in [9.17, 15) is 13.6 Å². The number of amidine groups is 1. The number of thioether (sulfide) groups is 2. The van der Waals surface area contributed by atoms with E-state index in [0.717, 1.165) is 16.9 Å². The van der Waals surface area contributed by atoms with Crippen LogP contribution >= 0.6 is 23.5 Å². The van der Waals surface area contributed by atoms with Gasteiger partial charge in [0.05, 0.1) is 11.4 Å². The lowest BCUT2D eigenvalue weighted by atomic mass is 10.1. The summed E-state index contributed by atoms with van der Waals surface area (Å²) in [5, 5.41) is 5.47. The van der Waals surface area contributed by atoms with E-state index in [4.69, 9.17) is 0 Å². The third kappa shape index (κ3) is 6.77. The summed E-state index contributed by atoms with van der Waals surface area (Å²) in [6.45, 7) is 4.02. The zero-order valence-corrected chi connectivity index (χ0v) is 18.1. The highest BCUT2D eigenvalue weighted by Crippen LogP contribution is 2.28. The van der Waals surface area contributed by atoms with Crippen molar-refractivity contribution in [2.24, 2.45) is 10.9 Å². The van der Waals surface area contributed by atoms with Crippen molar-refractivity contribution in [2.45, 2.75) is 30.9 Å². The Labute approximate surface area is 182 Å². The quantitative estimate of drug-likeness (QED) is 0.466. The van der Waals surface area contributed by atoms with Gasteiger partial charge >= 0.3 is 0 Å². The van der Waals surface area contributed by atoms with Crippen LogP contribution in [0, 0.1) is 5.92 Å². The van der Waals surface area contributed by atoms with Crippen molar-refractivity contribution in [3.63, 3.8) is 0 Å². The molecule has 0 saturated carbocycles. The summed E-state index contributed by atoms with van der Waals surface area (Å²) in [6.07, 6.45) is 0.491. The van der Waals surface area contributed by atoms with Crippen molar-refractivity contribution >= 4 is 51.7 Å². The summed E-state index contributed by atoms with van der Waals surface area (Å²) in [6, 6.07) is 14.2. The number of hydrogen-bond acceptors (Lipinski definition) is 5. The van der Waals surface area contributed by atoms with Crippen LogP contribution in [0.4, 0.5) is 20.2 Å². The molecule has 9 heteroatoms. The highest BCUT2D eigenvalue weighted by atomic mass is 32.2. The Morgan fingerprint density at radius 3 is 2.37 bits per heavy atom. The molecule has 0 saturated heterocycles. The van der Waals surface area contributed by atoms with E-state index in [0.29, 0.717) is 39.9 Å². The first-order valence-corrected chi connectivity index (χ1v) is 11.1. The molecule has 2 aromatic rings. The molecule has 3 rings (SSSR count). The SMILES string of the molecule is CC(C)CC(=O)Nc1ccc(C2=CSC(=Nc3ccc(SC(F)F)cc3)NN2)cc1. The van der Waals surface area contributed by atoms with Gasteiger partial charge in [-0.2, -0.15) is 8.78 Å². The second-order valence-electron chi connectivity index (χ2n) is 6.91. The number of carbonyl (C=O) groups excluding carboxylic acids is 1. The highest BCUT2D eigenvalue weighted by Gasteiger charge is 2.11. The molecule has 5 nitrogen and oxygen atoms in total. The fourth-order valence-electron chi connectivity index (χ4n) is 2.62. The molecule has 1 amide bonds. The lowest BCUT2D eigenvalue weighted by Crippen LogP contribution is -2.36. The van der Waals surface area contributed by atoms with Gasteiger partial charge in [0.25, 0.3) is 5.76 Å². The molecule has 1 aliphatic rings. The van der Waals surface area contributed by atoms with Gasteiger partial charge in [0, 0.05) is 28.0 Å². The number of benzene rings is 2. The van der Waals surface area contributed by atoms with Crippen LogP contribution in [0.15, 0.2) is 63.8 Å². The van der Waals surface area contributed by atoms with Crippen LogP contribution in [0.2, 0.25) is 0 Å². The molecule has 158 valence electrons. The Bertz CT molecular complexity index is 929. The Balaban J connectivity index is 1.59. The van der Waals surface area contributed by atoms with Crippen molar-refractivity contribution in [1.82, 2.24) is 10.9 Å². The molecule has 0 fully saturated rings. The van der Waals surface area contributed by atoms with Gasteiger partial charge < -0.3 is 5.32 Å². The Hall–Kier alpha value is -2.52. The maximum atomic E-state index is 12.4. The molecule has 0 radical (unpaired) electrons. The van der Waals surface area contributed by atoms with Crippen LogP contribution in [0.25, 0.3) is 5.70 Å². The number of halogens is 2. The number of nitrogens with zero attached hydrogens (tertiary/aromatic N) is 1. The van der Waals surface area contributed by atoms with Crippen LogP contribution in [0.5, 0.6) is 0 Å². The standard InChI is InChI=1S/C21H22F2N4OS2/c1-13(2)11-19(28)24-15-5-3-14(4-6-15)18-12-29-21(27-26-18)25-16-7-9-17(10-8-16)30-20(22)23/h3-10,12-13,20,26H,11H2,1-2H3,(H,24,28)(H,25,27). The summed E-state index contributed by atoms with van der Waals surface area (Å²) < 4.78 is 24.8. The average molecular weight is 449 g/mol. The van der Waals surface area contributed by atoms with Gasteiger partial charge in [0.2, 0.25) is 5.91 Å². The van der Waals surface area contributed by atoms with E-state index in [-0.39, 0.29) is 5.91 Å². The van der Waals surface area contributed by atoms with Gasteiger partial charge in [-0.15, -0.1) is 0 Å². The zero-order valence-electron chi connectivity index (χ0n) is 16.5. The molecule has 0 unspecified atom stereocenters. The Kier molecular flexibility index (Phi) is 7.75. The average Bonchev–Trinajstić information content (AvgIpc) is 2.70. The number of amides is 1. The van der Waals surface area contributed by atoms with E-state index in [1.54, 1.807) is 24.3 Å². The van der Waals surface area contributed by atoms with Gasteiger partial charge in [-0.05, 0) is 42.3 Å². The Morgan fingerprint density at radius 1 is 1.10 bits per heavy atom. The summed E-state index contributed by atoms with van der Waals surface area (Å²) in [5.74, 6) is -2.11. The van der Waals surface area contributed by atoms with Gasteiger partial charge in [-0.25, -0.2) is 4.99 Å². The molecule has 1 aliphatic heterocycles. The van der Waals surface area contributed by atoms with E-state index < -0.39 is 5.76 Å². The number of nitrogens with one attached hydrogen (secondary N) is 3. The minimum absolute atomic E-state index is 0.00617. The summed E-state index contributed by atoms with van der Waals surface area (Å²) in [7, 11) is 0. The number of alkyl halides is 2. The second-order valence-corrected chi connectivity index (χ2v) is 8.83. The van der Waals surface area contributed by atoms with Crippen molar-refractivity contribution < 1.29 is 13.6 Å². The molecule has 2 aromatic carbocycles. The maximum Gasteiger partial charge on any atom is 0.288 e. The van der Waals surface area contributed by atoms with Crippen LogP contribution in [-0.4, -0.2) is 16.8 Å². The summed E-state index contributed by atoms with van der Waals surface area (Å²) >= 11 is 1.93. The van der Waals surface area contributed by atoms with Crippen LogP contribution in [0.1, 0.15) is 25.8 Å². The first-order chi connectivity index (χ1) is 14.4. The molecule has 3 N–H and O–H groups in total. The fourth-order valence-corrected chi connectivity index (χ4v) is 3.82. The molecule has 0 bridgehead atoms. The van der Waals surface area contributed by atoms with Gasteiger partial charge in [0.15, 0.2) is 5.17 Å². The lowest BCUT2D eigenvalue weighted by molar-refractivity contribution is -0.116. The summed E-state index contributed by atoms with van der Waals surface area (Å²) in [5.41, 5.74) is 9.40. The third-order valence-electron chi connectivity index (χ3n) is 3.96. The number of anilines is 1. The van der Waals surface area contributed by atoms with E-state index in [1.165, 1.54) is 11.8 Å². The first kappa shape index (κ1) is 22.2. The van der Waals surface area contributed by atoms with E-state index in [1.807, 2.05) is 43.5 Å². The number of carbonyl (C=O) groups is 1. The summed E-state index contributed by atoms with van der Waals surface area (Å²) in [4.78, 5) is 16.8. The predicted octanol–water partition coefficient (Wildman–Crippen LogP) is 5.81. The van der Waals surface area contributed by atoms with Crippen molar-refractivity contribution in [3.8, 4) is 0 Å². The van der Waals surface area contributed by atoms with Gasteiger partial charge in [0.1, 0.15) is 0 Å². The molecule has 0 aromatic heterocycles. The first-order valence-electron chi connectivity index (χ1n) is 9.32. The third-order valence-corrected chi connectivity index (χ3v) is 5.45. The number of aliphatic imine (C=N–C) groups is 1. The molecule has 1 heterocycles. The van der Waals surface area contributed by atoms with Crippen LogP contribution in [-0.2, 0) is 4.79 Å². The Morgan fingerprint density at radius 2 is 1.80 bits per heavy atom. The van der Waals surface area contributed by atoms with Gasteiger partial charge in [-0.3, -0.25) is 15.6 Å². The minimum atomic E-state index is -2.43. The van der Waals surface area contributed by atoms with Crippen molar-refractivity contribution in [3.05, 3.63) is 59.5 Å². The predicted molar refractivity (Wildman–Crippen MR) is 122 cm³/mol. The fraction of sp³-hybridized carbons (Fsp3) is 0.238. The van der Waals surface area contributed by atoms with Crippen molar-refractivity contribution in [1.29, 1.82) is 0 Å². The molecular weight excluding hydrogens is 426 g/mol. The highest BCUT2D eigenvalue weighted by molar-refractivity contribution is 8.16. The van der Waals surface area contributed by atoms with Gasteiger partial charge in [-0.1, -0.05) is 49.5 Å². The zero-order chi connectivity index (χ0) is 21.5. The molecule has 0 aliphatic carbocycles. The number of hydrazine groups is 1. The normalized spacial score (nSPS) is 15.0. The number of hydrogen-bond donors (Lipinski definition) is 3. The minimum Gasteiger partial charge on any atom is -0.326 e. The van der Waals surface area contributed by atoms with Crippen molar-refractivity contribution in [2.75, 3.05) is 5.32 Å². The van der Waals surface area contributed by atoms with E-state index >= 15 is 0 Å². The van der Waals surface area contributed by atoms with Crippen LogP contribution in [0.3, 0.4) is 0 Å². The van der Waals surface area contributed by atoms with E-state index in [2.05, 4.69) is 21.2 Å². The molecule has 30 heavy (non-hydrogen) atoms. The topological polar surface area (TPSA) is 65.5 Å². The lowest BCUT2D eigenvalue weighted by Gasteiger charge is -2.19. The largest absolute Gasteiger partial charge is 0.326 e. The maximum absolute atomic E-state index is 12.4.